The molecule has 0 N–H and O–H groups in total. The van der Waals surface area contributed by atoms with Crippen LogP contribution < -0.4 is 0 Å². The first-order chi connectivity index (χ1) is 6.22. The van der Waals surface area contributed by atoms with Gasteiger partial charge in [0.2, 0.25) is 0 Å². The number of benzene rings is 1. The summed E-state index contributed by atoms with van der Waals surface area (Å²) in [6.45, 7) is 2.08. The molecule has 1 aromatic carbocycles. The Morgan fingerprint density at radius 3 is 1.23 bits per heavy atom. The average molecular weight is 216 g/mol. The summed E-state index contributed by atoms with van der Waals surface area (Å²) in [5.74, 6) is 0. The van der Waals surface area contributed by atoms with E-state index in [4.69, 9.17) is 0 Å². The lowest BCUT2D eigenvalue weighted by Gasteiger charge is -1.82. The summed E-state index contributed by atoms with van der Waals surface area (Å²) in [5, 5.41) is 0. The lowest BCUT2D eigenvalue weighted by Crippen LogP contribution is -1.62. The van der Waals surface area contributed by atoms with Crippen LogP contribution in [0.25, 0.3) is 0 Å². The van der Waals surface area contributed by atoms with E-state index in [1.54, 1.807) is 23.5 Å². The Morgan fingerprint density at radius 1 is 0.769 bits per heavy atom. The van der Waals surface area contributed by atoms with Crippen molar-refractivity contribution >= 4 is 23.5 Å². The van der Waals surface area contributed by atoms with Crippen molar-refractivity contribution in [2.24, 2.45) is 0 Å². The van der Waals surface area contributed by atoms with Gasteiger partial charge >= 0.3 is 0 Å². The molecule has 0 heterocycles. The number of hydrogen-bond acceptors (Lipinski definition) is 2. The fraction of sp³-hybridized carbons (Fsp3) is 0.455. The van der Waals surface area contributed by atoms with E-state index in [9.17, 15) is 0 Å². The molecule has 76 valence electrons. The Kier molecular flexibility index (Phi) is 17.1. The van der Waals surface area contributed by atoms with Crippen molar-refractivity contribution in [1.29, 1.82) is 0 Å². The Bertz CT molecular complexity index is 159. The summed E-state index contributed by atoms with van der Waals surface area (Å²) in [5.41, 5.74) is 1.32. The average Bonchev–Trinajstić information content (AvgIpc) is 2.08. The summed E-state index contributed by atoms with van der Waals surface area (Å²) >= 11 is 3.50. The van der Waals surface area contributed by atoms with Crippen molar-refractivity contribution in [3.8, 4) is 0 Å². The van der Waals surface area contributed by atoms with Crippen molar-refractivity contribution in [2.45, 2.75) is 6.92 Å². The van der Waals surface area contributed by atoms with Crippen LogP contribution in [0.3, 0.4) is 0 Å². The quantitative estimate of drug-likeness (QED) is 0.644. The van der Waals surface area contributed by atoms with E-state index in [1.165, 1.54) is 5.56 Å². The van der Waals surface area contributed by atoms with E-state index in [-0.39, 0.29) is 0 Å². The third-order valence-electron chi connectivity index (χ3n) is 0.940. The van der Waals surface area contributed by atoms with Crippen LogP contribution >= 0.6 is 23.5 Å². The van der Waals surface area contributed by atoms with E-state index >= 15 is 0 Å². The molecule has 2 heteroatoms. The SMILES string of the molecule is CSC.CSC.Cc1ccccc1. The molecule has 0 saturated heterocycles. The number of hydrogen-bond donors (Lipinski definition) is 0. The first kappa shape index (κ1) is 15.4. The third kappa shape index (κ3) is 18.7. The van der Waals surface area contributed by atoms with Crippen molar-refractivity contribution in [3.05, 3.63) is 35.9 Å². The molecule has 0 radical (unpaired) electrons. The highest BCUT2D eigenvalue weighted by Crippen LogP contribution is 1.92. The van der Waals surface area contributed by atoms with E-state index in [0.717, 1.165) is 0 Å². The van der Waals surface area contributed by atoms with E-state index in [0.29, 0.717) is 0 Å². The van der Waals surface area contributed by atoms with Gasteiger partial charge in [-0.1, -0.05) is 35.9 Å². The molecule has 0 aliphatic heterocycles. The van der Waals surface area contributed by atoms with Crippen LogP contribution in [0.5, 0.6) is 0 Å². The summed E-state index contributed by atoms with van der Waals surface area (Å²) in [6, 6.07) is 10.3. The van der Waals surface area contributed by atoms with Crippen molar-refractivity contribution in [1.82, 2.24) is 0 Å². The highest BCUT2D eigenvalue weighted by Gasteiger charge is 1.72. The van der Waals surface area contributed by atoms with Gasteiger partial charge in [-0.25, -0.2) is 0 Å². The minimum atomic E-state index is 1.32. The van der Waals surface area contributed by atoms with Gasteiger partial charge in [0.05, 0.1) is 0 Å². The predicted octanol–water partition coefficient (Wildman–Crippen LogP) is 3.95. The van der Waals surface area contributed by atoms with Gasteiger partial charge in [0, 0.05) is 0 Å². The molecule has 0 nitrogen and oxygen atoms in total. The van der Waals surface area contributed by atoms with Crippen LogP contribution in [0, 0.1) is 6.92 Å². The molecule has 0 fully saturated rings. The van der Waals surface area contributed by atoms with Crippen LogP contribution in [-0.4, -0.2) is 25.0 Å². The Balaban J connectivity index is 0. The number of rotatable bonds is 0. The zero-order chi connectivity index (χ0) is 10.5. The van der Waals surface area contributed by atoms with E-state index < -0.39 is 0 Å². The molecule has 0 atom stereocenters. The second-order valence-electron chi connectivity index (χ2n) is 2.47. The molecule has 0 spiro atoms. The monoisotopic (exact) mass is 216 g/mol. The molecule has 1 aromatic rings. The summed E-state index contributed by atoms with van der Waals surface area (Å²) in [6.07, 6.45) is 8.17. The number of thioether (sulfide) groups is 2. The summed E-state index contributed by atoms with van der Waals surface area (Å²) in [7, 11) is 0. The topological polar surface area (TPSA) is 0 Å². The molecule has 0 bridgehead atoms. The molecular formula is C11H20S2. The Labute approximate surface area is 91.5 Å². The van der Waals surface area contributed by atoms with Crippen molar-refractivity contribution in [3.63, 3.8) is 0 Å². The maximum absolute atomic E-state index is 2.08. The Hall–Kier alpha value is -0.0800. The molecule has 0 aromatic heterocycles. The van der Waals surface area contributed by atoms with Crippen LogP contribution in [0.2, 0.25) is 0 Å². The minimum absolute atomic E-state index is 1.32. The van der Waals surface area contributed by atoms with Crippen molar-refractivity contribution < 1.29 is 0 Å². The van der Waals surface area contributed by atoms with Gasteiger partial charge in [-0.05, 0) is 31.9 Å². The largest absolute Gasteiger partial charge is 0.169 e. The van der Waals surface area contributed by atoms with Gasteiger partial charge in [-0.3, -0.25) is 0 Å². The lowest BCUT2D eigenvalue weighted by molar-refractivity contribution is 1.48. The summed E-state index contributed by atoms with van der Waals surface area (Å²) < 4.78 is 0. The van der Waals surface area contributed by atoms with Gasteiger partial charge in [0.25, 0.3) is 0 Å². The maximum atomic E-state index is 2.08. The Morgan fingerprint density at radius 2 is 1.08 bits per heavy atom. The smallest absolute Gasteiger partial charge is 0.0187 e. The van der Waals surface area contributed by atoms with Crippen LogP contribution in [0.4, 0.5) is 0 Å². The molecule has 13 heavy (non-hydrogen) atoms. The molecule has 0 amide bonds. The van der Waals surface area contributed by atoms with E-state index in [1.807, 2.05) is 43.2 Å². The fourth-order valence-corrected chi connectivity index (χ4v) is 0.534. The molecule has 0 aliphatic carbocycles. The highest BCUT2D eigenvalue weighted by molar-refractivity contribution is 7.98. The molecule has 1 rings (SSSR count). The fourth-order valence-electron chi connectivity index (χ4n) is 0.534. The van der Waals surface area contributed by atoms with Crippen molar-refractivity contribution in [2.75, 3.05) is 25.0 Å². The lowest BCUT2D eigenvalue weighted by atomic mass is 10.2. The molecule has 0 unspecified atom stereocenters. The third-order valence-corrected chi connectivity index (χ3v) is 0.940. The minimum Gasteiger partial charge on any atom is -0.169 e. The zero-order valence-corrected chi connectivity index (χ0v) is 10.8. The van der Waals surface area contributed by atoms with Gasteiger partial charge in [0.15, 0.2) is 0 Å². The predicted molar refractivity (Wildman–Crippen MR) is 70.1 cm³/mol. The molecule has 0 saturated carbocycles. The maximum Gasteiger partial charge on any atom is -0.0187 e. The van der Waals surface area contributed by atoms with Gasteiger partial charge in [-0.15, -0.1) is 0 Å². The standard InChI is InChI=1S/C7H8.2C2H6S/c1-7-5-3-2-4-6-7;2*1-3-2/h2-6H,1H3;2*1-2H3. The number of aryl methyl sites for hydroxylation is 1. The molecular weight excluding hydrogens is 196 g/mol. The highest BCUT2D eigenvalue weighted by atomic mass is 32.2. The van der Waals surface area contributed by atoms with Crippen LogP contribution in [-0.2, 0) is 0 Å². The van der Waals surface area contributed by atoms with Gasteiger partial charge < -0.3 is 0 Å². The van der Waals surface area contributed by atoms with Crippen LogP contribution in [0.15, 0.2) is 30.3 Å². The second-order valence-corrected chi connectivity index (χ2v) is 4.10. The van der Waals surface area contributed by atoms with Crippen LogP contribution in [0.1, 0.15) is 5.56 Å². The first-order valence-electron chi connectivity index (χ1n) is 4.04. The first-order valence-corrected chi connectivity index (χ1v) is 7.31. The normalized spacial score (nSPS) is 7.46. The second kappa shape index (κ2) is 14.4. The summed E-state index contributed by atoms with van der Waals surface area (Å²) in [4.78, 5) is 0. The molecule has 0 aliphatic rings. The van der Waals surface area contributed by atoms with Gasteiger partial charge in [0.1, 0.15) is 0 Å². The zero-order valence-electron chi connectivity index (χ0n) is 9.20. The van der Waals surface area contributed by atoms with Gasteiger partial charge in [-0.2, -0.15) is 23.5 Å². The van der Waals surface area contributed by atoms with E-state index in [2.05, 4.69) is 19.1 Å².